The van der Waals surface area contributed by atoms with Crippen LogP contribution in [0.4, 0.5) is 11.5 Å². The van der Waals surface area contributed by atoms with E-state index in [1.165, 1.54) is 6.07 Å². The van der Waals surface area contributed by atoms with Crippen LogP contribution in [-0.2, 0) is 0 Å². The summed E-state index contributed by atoms with van der Waals surface area (Å²) in [6.45, 7) is 7.69. The number of nitro groups is 1. The fraction of sp³-hybridized carbons (Fsp3) is 0.583. The van der Waals surface area contributed by atoms with Gasteiger partial charge in [-0.2, -0.15) is 0 Å². The SMILES string of the molecule is Cc1nc(N2CC(C)NCC2C)ccc1[N+](=O)[O-]. The quantitative estimate of drug-likeness (QED) is 0.636. The zero-order valence-electron chi connectivity index (χ0n) is 10.9. The fourth-order valence-electron chi connectivity index (χ4n) is 2.23. The molecule has 2 atom stereocenters. The van der Waals surface area contributed by atoms with E-state index in [2.05, 4.69) is 29.0 Å². The molecule has 0 spiro atoms. The zero-order chi connectivity index (χ0) is 13.3. The molecule has 0 amide bonds. The Kier molecular flexibility index (Phi) is 3.47. The topological polar surface area (TPSA) is 71.3 Å². The molecule has 1 fully saturated rings. The average molecular weight is 250 g/mol. The lowest BCUT2D eigenvalue weighted by Crippen LogP contribution is -2.54. The van der Waals surface area contributed by atoms with Crippen LogP contribution in [0.15, 0.2) is 12.1 Å². The second-order valence-electron chi connectivity index (χ2n) is 4.84. The number of nitrogens with zero attached hydrogens (tertiary/aromatic N) is 3. The molecule has 0 saturated carbocycles. The molecule has 1 aromatic heterocycles. The summed E-state index contributed by atoms with van der Waals surface area (Å²) in [5.41, 5.74) is 0.547. The molecule has 1 saturated heterocycles. The molecule has 0 bridgehead atoms. The van der Waals surface area contributed by atoms with Gasteiger partial charge in [0.05, 0.1) is 4.92 Å². The van der Waals surface area contributed by atoms with Gasteiger partial charge >= 0.3 is 0 Å². The summed E-state index contributed by atoms with van der Waals surface area (Å²) in [6, 6.07) is 4.02. The maximum absolute atomic E-state index is 10.8. The van der Waals surface area contributed by atoms with E-state index in [1.807, 2.05) is 0 Å². The van der Waals surface area contributed by atoms with Crippen LogP contribution in [0.1, 0.15) is 19.5 Å². The number of hydrogen-bond donors (Lipinski definition) is 1. The van der Waals surface area contributed by atoms with Crippen LogP contribution in [-0.4, -0.2) is 35.1 Å². The Morgan fingerprint density at radius 1 is 1.50 bits per heavy atom. The summed E-state index contributed by atoms with van der Waals surface area (Å²) in [4.78, 5) is 16.9. The largest absolute Gasteiger partial charge is 0.351 e. The lowest BCUT2D eigenvalue weighted by Gasteiger charge is -2.38. The first-order valence-corrected chi connectivity index (χ1v) is 6.11. The third kappa shape index (κ3) is 2.43. The van der Waals surface area contributed by atoms with E-state index < -0.39 is 4.92 Å². The van der Waals surface area contributed by atoms with E-state index >= 15 is 0 Å². The molecule has 1 aromatic rings. The number of pyridine rings is 1. The van der Waals surface area contributed by atoms with Gasteiger partial charge in [0.2, 0.25) is 0 Å². The van der Waals surface area contributed by atoms with Gasteiger partial charge in [0.15, 0.2) is 0 Å². The summed E-state index contributed by atoms with van der Waals surface area (Å²) in [5, 5.41) is 14.2. The Hall–Kier alpha value is -1.69. The highest BCUT2D eigenvalue weighted by Gasteiger charge is 2.24. The van der Waals surface area contributed by atoms with Crippen molar-refractivity contribution in [3.05, 3.63) is 27.9 Å². The van der Waals surface area contributed by atoms with Crippen molar-refractivity contribution < 1.29 is 4.92 Å². The van der Waals surface area contributed by atoms with Gasteiger partial charge in [0, 0.05) is 31.2 Å². The standard InChI is InChI=1S/C12H18N4O2/c1-8-7-15(9(2)6-13-8)12-5-4-11(16(17)18)10(3)14-12/h4-5,8-9,13H,6-7H2,1-3H3. The van der Waals surface area contributed by atoms with E-state index in [0.717, 1.165) is 18.9 Å². The van der Waals surface area contributed by atoms with Crippen LogP contribution in [0, 0.1) is 17.0 Å². The maximum Gasteiger partial charge on any atom is 0.290 e. The number of aryl methyl sites for hydroxylation is 1. The number of hydrogen-bond acceptors (Lipinski definition) is 5. The maximum atomic E-state index is 10.8. The predicted molar refractivity (Wildman–Crippen MR) is 69.9 cm³/mol. The van der Waals surface area contributed by atoms with Crippen molar-refractivity contribution in [1.82, 2.24) is 10.3 Å². The summed E-state index contributed by atoms with van der Waals surface area (Å²) in [6.07, 6.45) is 0. The first-order valence-electron chi connectivity index (χ1n) is 6.11. The molecule has 6 nitrogen and oxygen atoms in total. The van der Waals surface area contributed by atoms with Crippen molar-refractivity contribution >= 4 is 11.5 Å². The molecule has 98 valence electrons. The smallest absolute Gasteiger partial charge is 0.290 e. The Morgan fingerprint density at radius 3 is 2.83 bits per heavy atom. The summed E-state index contributed by atoms with van der Waals surface area (Å²) >= 11 is 0. The van der Waals surface area contributed by atoms with Gasteiger partial charge in [-0.3, -0.25) is 10.1 Å². The van der Waals surface area contributed by atoms with Crippen LogP contribution in [0.3, 0.4) is 0 Å². The normalized spacial score (nSPS) is 24.1. The molecule has 2 heterocycles. The van der Waals surface area contributed by atoms with Crippen LogP contribution >= 0.6 is 0 Å². The Labute approximate surface area is 106 Å². The number of aromatic nitrogens is 1. The molecule has 0 radical (unpaired) electrons. The van der Waals surface area contributed by atoms with Crippen LogP contribution < -0.4 is 10.2 Å². The highest BCUT2D eigenvalue weighted by Crippen LogP contribution is 2.23. The molecule has 6 heteroatoms. The van der Waals surface area contributed by atoms with E-state index in [-0.39, 0.29) is 5.69 Å². The number of rotatable bonds is 2. The molecule has 18 heavy (non-hydrogen) atoms. The van der Waals surface area contributed by atoms with E-state index in [9.17, 15) is 10.1 Å². The van der Waals surface area contributed by atoms with Crippen molar-refractivity contribution in [1.29, 1.82) is 0 Å². The van der Waals surface area contributed by atoms with E-state index in [4.69, 9.17) is 0 Å². The van der Waals surface area contributed by atoms with Crippen LogP contribution in [0.2, 0.25) is 0 Å². The van der Waals surface area contributed by atoms with Gasteiger partial charge in [0.25, 0.3) is 5.69 Å². The minimum atomic E-state index is -0.393. The highest BCUT2D eigenvalue weighted by molar-refractivity contribution is 5.48. The van der Waals surface area contributed by atoms with Crippen molar-refractivity contribution in [3.63, 3.8) is 0 Å². The summed E-state index contributed by atoms with van der Waals surface area (Å²) < 4.78 is 0. The van der Waals surface area contributed by atoms with Crippen molar-refractivity contribution in [3.8, 4) is 0 Å². The highest BCUT2D eigenvalue weighted by atomic mass is 16.6. The molecule has 2 rings (SSSR count). The summed E-state index contributed by atoms with van der Waals surface area (Å²) in [5.74, 6) is 0.818. The average Bonchev–Trinajstić information content (AvgIpc) is 2.31. The second kappa shape index (κ2) is 4.89. The molecule has 1 N–H and O–H groups in total. The third-order valence-corrected chi connectivity index (χ3v) is 3.30. The molecular formula is C12H18N4O2. The van der Waals surface area contributed by atoms with Gasteiger partial charge in [-0.05, 0) is 26.8 Å². The van der Waals surface area contributed by atoms with Gasteiger partial charge in [-0.15, -0.1) is 0 Å². The third-order valence-electron chi connectivity index (χ3n) is 3.30. The molecular weight excluding hydrogens is 232 g/mol. The Morgan fingerprint density at radius 2 is 2.22 bits per heavy atom. The molecule has 0 aliphatic carbocycles. The van der Waals surface area contributed by atoms with Gasteiger partial charge < -0.3 is 10.2 Å². The molecule has 1 aliphatic heterocycles. The van der Waals surface area contributed by atoms with Gasteiger partial charge in [0.1, 0.15) is 11.5 Å². The number of anilines is 1. The summed E-state index contributed by atoms with van der Waals surface area (Å²) in [7, 11) is 0. The predicted octanol–water partition coefficient (Wildman–Crippen LogP) is 1.48. The van der Waals surface area contributed by atoms with Gasteiger partial charge in [-0.25, -0.2) is 4.98 Å². The molecule has 2 unspecified atom stereocenters. The van der Waals surface area contributed by atoms with E-state index in [1.54, 1.807) is 13.0 Å². The van der Waals surface area contributed by atoms with Crippen molar-refractivity contribution in [2.75, 3.05) is 18.0 Å². The minimum absolute atomic E-state index is 0.0783. The number of nitrogens with one attached hydrogen (secondary N) is 1. The van der Waals surface area contributed by atoms with E-state index in [0.29, 0.717) is 17.8 Å². The Bertz CT molecular complexity index is 463. The van der Waals surface area contributed by atoms with Gasteiger partial charge in [-0.1, -0.05) is 0 Å². The van der Waals surface area contributed by atoms with Crippen LogP contribution in [0.5, 0.6) is 0 Å². The monoisotopic (exact) mass is 250 g/mol. The zero-order valence-corrected chi connectivity index (χ0v) is 10.9. The molecule has 1 aliphatic rings. The fourth-order valence-corrected chi connectivity index (χ4v) is 2.23. The second-order valence-corrected chi connectivity index (χ2v) is 4.84. The van der Waals surface area contributed by atoms with Crippen LogP contribution in [0.25, 0.3) is 0 Å². The van der Waals surface area contributed by atoms with Crippen molar-refractivity contribution in [2.45, 2.75) is 32.9 Å². The van der Waals surface area contributed by atoms with Crippen molar-refractivity contribution in [2.24, 2.45) is 0 Å². The molecule has 0 aromatic carbocycles. The first-order chi connectivity index (χ1) is 8.49. The number of piperazine rings is 1. The minimum Gasteiger partial charge on any atom is -0.351 e. The first kappa shape index (κ1) is 12.8. The lowest BCUT2D eigenvalue weighted by molar-refractivity contribution is -0.385. The Balaban J connectivity index is 2.28. The lowest BCUT2D eigenvalue weighted by atomic mass is 10.1.